The summed E-state index contributed by atoms with van der Waals surface area (Å²) in [4.78, 5) is 32.2. The number of carbonyl (C=O) groups is 1. The molecule has 2 aromatic carbocycles. The summed E-state index contributed by atoms with van der Waals surface area (Å²) in [7, 11) is 0. The van der Waals surface area contributed by atoms with Crippen molar-refractivity contribution in [2.75, 3.05) is 0 Å². The lowest BCUT2D eigenvalue weighted by Gasteiger charge is -2.26. The molecule has 0 saturated heterocycles. The lowest BCUT2D eigenvalue weighted by molar-refractivity contribution is 0.0922. The molecule has 1 atom stereocenters. The highest BCUT2D eigenvalue weighted by Crippen LogP contribution is 2.29. The molecule has 0 fully saturated rings. The molecule has 0 radical (unpaired) electrons. The minimum absolute atomic E-state index is 0.0432. The van der Waals surface area contributed by atoms with Crippen molar-refractivity contribution in [2.24, 2.45) is 0 Å². The van der Waals surface area contributed by atoms with Crippen LogP contribution in [0.4, 0.5) is 4.39 Å². The second kappa shape index (κ2) is 7.75. The second-order valence-corrected chi connectivity index (χ2v) is 7.58. The van der Waals surface area contributed by atoms with Gasteiger partial charge < -0.3 is 10.3 Å². The van der Waals surface area contributed by atoms with Crippen molar-refractivity contribution in [3.63, 3.8) is 0 Å². The first kappa shape index (κ1) is 19.1. The zero-order valence-corrected chi connectivity index (χ0v) is 16.5. The molecule has 0 saturated carbocycles. The van der Waals surface area contributed by atoms with E-state index in [9.17, 15) is 14.0 Å². The molecule has 8 nitrogen and oxygen atoms in total. The van der Waals surface area contributed by atoms with Gasteiger partial charge in [-0.1, -0.05) is 41.6 Å². The molecule has 1 aliphatic carbocycles. The first-order chi connectivity index (χ1) is 15.1. The van der Waals surface area contributed by atoms with E-state index in [-0.39, 0.29) is 35.4 Å². The first-order valence-electron chi connectivity index (χ1n) is 10.0. The molecule has 5 rings (SSSR count). The lowest BCUT2D eigenvalue weighted by atomic mass is 9.88. The summed E-state index contributed by atoms with van der Waals surface area (Å²) in [5.74, 6) is -0.900. The van der Waals surface area contributed by atoms with E-state index in [1.54, 1.807) is 12.1 Å². The maximum absolute atomic E-state index is 13.2. The van der Waals surface area contributed by atoms with Crippen LogP contribution in [-0.2, 0) is 13.0 Å². The van der Waals surface area contributed by atoms with Gasteiger partial charge in [-0.15, -0.1) is 5.10 Å². The summed E-state index contributed by atoms with van der Waals surface area (Å²) in [5.41, 5.74) is 2.78. The van der Waals surface area contributed by atoms with Crippen LogP contribution >= 0.6 is 0 Å². The largest absolute Gasteiger partial charge is 0.343 e. The van der Waals surface area contributed by atoms with Gasteiger partial charge in [0.15, 0.2) is 11.2 Å². The molecule has 2 heterocycles. The van der Waals surface area contributed by atoms with E-state index in [0.29, 0.717) is 0 Å². The highest BCUT2D eigenvalue weighted by Gasteiger charge is 2.24. The summed E-state index contributed by atoms with van der Waals surface area (Å²) in [6, 6.07) is 13.8. The Morgan fingerprint density at radius 1 is 1.19 bits per heavy atom. The predicted octanol–water partition coefficient (Wildman–Crippen LogP) is 2.51. The number of hydrogen-bond acceptors (Lipinski definition) is 5. The Morgan fingerprint density at radius 2 is 2.00 bits per heavy atom. The topological polar surface area (TPSA) is 106 Å². The number of nitrogens with one attached hydrogen (secondary N) is 2. The van der Waals surface area contributed by atoms with Crippen LogP contribution in [-0.4, -0.2) is 30.9 Å². The van der Waals surface area contributed by atoms with Crippen LogP contribution in [0.2, 0.25) is 0 Å². The van der Waals surface area contributed by atoms with Gasteiger partial charge in [0.2, 0.25) is 5.82 Å². The van der Waals surface area contributed by atoms with Gasteiger partial charge in [-0.3, -0.25) is 9.59 Å². The number of halogens is 1. The monoisotopic (exact) mass is 418 g/mol. The number of aryl methyl sites for hydroxylation is 1. The molecule has 156 valence electrons. The number of carbonyl (C=O) groups excluding carboxylic acids is 1. The average Bonchev–Trinajstić information content (AvgIpc) is 3.19. The van der Waals surface area contributed by atoms with Gasteiger partial charge in [0.1, 0.15) is 5.82 Å². The number of nitrogens with zero attached hydrogens (tertiary/aromatic N) is 4. The molecule has 0 bridgehead atoms. The Balaban J connectivity index is 1.44. The number of hydrogen-bond donors (Lipinski definition) is 2. The lowest BCUT2D eigenvalue weighted by Crippen LogP contribution is -2.33. The third-order valence-corrected chi connectivity index (χ3v) is 5.51. The third kappa shape index (κ3) is 3.70. The molecular weight excluding hydrogens is 399 g/mol. The van der Waals surface area contributed by atoms with E-state index < -0.39 is 11.5 Å². The summed E-state index contributed by atoms with van der Waals surface area (Å²) in [6.45, 7) is 0.240. The van der Waals surface area contributed by atoms with Gasteiger partial charge in [-0.05, 0) is 48.1 Å². The molecule has 9 heteroatoms. The maximum atomic E-state index is 13.2. The van der Waals surface area contributed by atoms with Gasteiger partial charge in [-0.2, -0.15) is 0 Å². The normalized spacial score (nSPS) is 15.6. The Morgan fingerprint density at radius 3 is 2.84 bits per heavy atom. The van der Waals surface area contributed by atoms with Crippen molar-refractivity contribution in [1.29, 1.82) is 0 Å². The quantitative estimate of drug-likeness (QED) is 0.530. The van der Waals surface area contributed by atoms with E-state index >= 15 is 0 Å². The number of benzene rings is 2. The van der Waals surface area contributed by atoms with Crippen LogP contribution in [0, 0.1) is 5.82 Å². The van der Waals surface area contributed by atoms with Gasteiger partial charge >= 0.3 is 0 Å². The van der Waals surface area contributed by atoms with Crippen LogP contribution < -0.4 is 10.9 Å². The Labute approximate surface area is 176 Å². The van der Waals surface area contributed by atoms with Crippen molar-refractivity contribution in [1.82, 2.24) is 30.3 Å². The van der Waals surface area contributed by atoms with E-state index in [1.165, 1.54) is 22.4 Å². The molecule has 0 aliphatic heterocycles. The Kier molecular flexibility index (Phi) is 4.78. The zero-order chi connectivity index (χ0) is 21.4. The van der Waals surface area contributed by atoms with Crippen LogP contribution in [0.1, 0.15) is 46.2 Å². The molecule has 2 aromatic heterocycles. The predicted molar refractivity (Wildman–Crippen MR) is 111 cm³/mol. The Hall–Kier alpha value is -3.88. The van der Waals surface area contributed by atoms with E-state index in [1.807, 2.05) is 18.2 Å². The van der Waals surface area contributed by atoms with Crippen LogP contribution in [0.25, 0.3) is 11.2 Å². The van der Waals surface area contributed by atoms with Gasteiger partial charge in [0.05, 0.1) is 12.6 Å². The molecule has 31 heavy (non-hydrogen) atoms. The number of rotatable bonds is 4. The molecule has 0 unspecified atom stereocenters. The zero-order valence-electron chi connectivity index (χ0n) is 16.5. The number of amides is 1. The standard InChI is InChI=1S/C22H19FN6O2/c23-15-10-8-13(9-11-15)12-29-20-18(27-28-29)21(30)26-19(25-20)22(31)24-17-7-3-5-14-4-1-2-6-16(14)17/h1-2,4,6,8-11,17H,3,5,7,12H2,(H,24,31)(H,25,26,30)/t17-/m1/s1. The van der Waals surface area contributed by atoms with Gasteiger partial charge in [0.25, 0.3) is 11.5 Å². The maximum Gasteiger partial charge on any atom is 0.287 e. The molecule has 2 N–H and O–H groups in total. The number of H-pyrrole nitrogens is 1. The highest BCUT2D eigenvalue weighted by molar-refractivity contribution is 5.92. The van der Waals surface area contributed by atoms with Crippen LogP contribution in [0.5, 0.6) is 0 Å². The molecular formula is C22H19FN6O2. The second-order valence-electron chi connectivity index (χ2n) is 7.58. The fourth-order valence-electron chi connectivity index (χ4n) is 3.97. The minimum atomic E-state index is -0.537. The SMILES string of the molecule is O=C(N[C@@H]1CCCc2ccccc21)c1nc2c(nnn2Cc2ccc(F)cc2)c(=O)[nH]1. The van der Waals surface area contributed by atoms with Crippen molar-refractivity contribution in [2.45, 2.75) is 31.8 Å². The van der Waals surface area contributed by atoms with Gasteiger partial charge in [-0.25, -0.2) is 14.1 Å². The molecule has 1 amide bonds. The molecule has 1 aliphatic rings. The number of fused-ring (bicyclic) bond motifs is 2. The third-order valence-electron chi connectivity index (χ3n) is 5.51. The first-order valence-corrected chi connectivity index (χ1v) is 10.0. The minimum Gasteiger partial charge on any atom is -0.343 e. The van der Waals surface area contributed by atoms with Crippen LogP contribution in [0.15, 0.2) is 53.3 Å². The summed E-state index contributed by atoms with van der Waals surface area (Å²) >= 11 is 0. The average molecular weight is 418 g/mol. The summed E-state index contributed by atoms with van der Waals surface area (Å²) in [6.07, 6.45) is 2.77. The number of aromatic amines is 1. The van der Waals surface area contributed by atoms with Gasteiger partial charge in [0, 0.05) is 0 Å². The summed E-state index contributed by atoms with van der Waals surface area (Å²) in [5, 5.41) is 10.8. The fourth-order valence-corrected chi connectivity index (χ4v) is 3.97. The molecule has 0 spiro atoms. The van der Waals surface area contributed by atoms with E-state index in [0.717, 1.165) is 30.4 Å². The smallest absolute Gasteiger partial charge is 0.287 e. The van der Waals surface area contributed by atoms with E-state index in [4.69, 9.17) is 0 Å². The van der Waals surface area contributed by atoms with Crippen molar-refractivity contribution < 1.29 is 9.18 Å². The number of aromatic nitrogens is 5. The Bertz CT molecular complexity index is 1330. The van der Waals surface area contributed by atoms with Crippen molar-refractivity contribution >= 4 is 17.1 Å². The van der Waals surface area contributed by atoms with E-state index in [2.05, 4.69) is 31.7 Å². The highest BCUT2D eigenvalue weighted by atomic mass is 19.1. The van der Waals surface area contributed by atoms with Crippen molar-refractivity contribution in [3.05, 3.63) is 87.2 Å². The van der Waals surface area contributed by atoms with Crippen molar-refractivity contribution in [3.8, 4) is 0 Å². The fraction of sp³-hybridized carbons (Fsp3) is 0.227. The summed E-state index contributed by atoms with van der Waals surface area (Å²) < 4.78 is 14.6. The van der Waals surface area contributed by atoms with Crippen LogP contribution in [0.3, 0.4) is 0 Å². The molecule has 4 aromatic rings.